The van der Waals surface area contributed by atoms with Crippen LogP contribution >= 0.6 is 0 Å². The number of hydrogen-bond acceptors (Lipinski definition) is 3. The highest BCUT2D eigenvalue weighted by Gasteiger charge is 2.38. The summed E-state index contributed by atoms with van der Waals surface area (Å²) in [6.07, 6.45) is 5.65. The van der Waals surface area contributed by atoms with Crippen LogP contribution in [0.2, 0.25) is 0 Å². The van der Waals surface area contributed by atoms with Crippen LogP contribution < -0.4 is 5.32 Å². The molecule has 1 saturated carbocycles. The number of nitrogens with zero attached hydrogens (tertiary/aromatic N) is 1. The van der Waals surface area contributed by atoms with Gasteiger partial charge in [0.25, 0.3) is 0 Å². The molecule has 1 unspecified atom stereocenters. The van der Waals surface area contributed by atoms with Gasteiger partial charge in [0, 0.05) is 18.6 Å². The van der Waals surface area contributed by atoms with Crippen LogP contribution in [0, 0.1) is 5.92 Å². The van der Waals surface area contributed by atoms with E-state index in [1.165, 1.54) is 12.8 Å². The standard InChI is InChI=1S/C13H26N2O2S/c1-11(2)10-18(16,17)15(13-6-7-13)9-12-5-3-4-8-14-12/h11-14H,3-10H2,1-2H3. The summed E-state index contributed by atoms with van der Waals surface area (Å²) in [5.41, 5.74) is 0. The summed E-state index contributed by atoms with van der Waals surface area (Å²) in [6.45, 7) is 5.66. The van der Waals surface area contributed by atoms with Gasteiger partial charge in [-0.05, 0) is 38.1 Å². The van der Waals surface area contributed by atoms with Crippen LogP contribution in [0.3, 0.4) is 0 Å². The fourth-order valence-corrected chi connectivity index (χ4v) is 4.77. The van der Waals surface area contributed by atoms with Crippen molar-refractivity contribution in [3.8, 4) is 0 Å². The SMILES string of the molecule is CC(C)CS(=O)(=O)N(CC1CCCCN1)C1CC1. The molecule has 18 heavy (non-hydrogen) atoms. The molecule has 1 aliphatic carbocycles. The Balaban J connectivity index is 1.98. The molecule has 4 nitrogen and oxygen atoms in total. The molecule has 1 saturated heterocycles. The smallest absolute Gasteiger partial charge is 0.214 e. The Labute approximate surface area is 111 Å². The molecule has 1 N–H and O–H groups in total. The van der Waals surface area contributed by atoms with E-state index in [0.29, 0.717) is 12.6 Å². The summed E-state index contributed by atoms with van der Waals surface area (Å²) < 4.78 is 26.6. The molecule has 0 aromatic rings. The number of rotatable bonds is 6. The maximum atomic E-state index is 12.4. The zero-order valence-corrected chi connectivity index (χ0v) is 12.4. The van der Waals surface area contributed by atoms with Gasteiger partial charge in [0.2, 0.25) is 10.0 Å². The first-order valence-corrected chi connectivity index (χ1v) is 8.83. The molecule has 5 heteroatoms. The van der Waals surface area contributed by atoms with Gasteiger partial charge in [-0.2, -0.15) is 4.31 Å². The Bertz CT molecular complexity index is 357. The second-order valence-electron chi connectivity index (χ2n) is 6.12. The van der Waals surface area contributed by atoms with Crippen LogP contribution in [0.4, 0.5) is 0 Å². The van der Waals surface area contributed by atoms with Gasteiger partial charge in [-0.25, -0.2) is 8.42 Å². The van der Waals surface area contributed by atoms with E-state index in [1.807, 2.05) is 13.8 Å². The van der Waals surface area contributed by atoms with Crippen LogP contribution in [-0.2, 0) is 10.0 Å². The zero-order valence-electron chi connectivity index (χ0n) is 11.6. The Morgan fingerprint density at radius 1 is 1.22 bits per heavy atom. The monoisotopic (exact) mass is 274 g/mol. The van der Waals surface area contributed by atoms with Gasteiger partial charge in [-0.3, -0.25) is 0 Å². The minimum Gasteiger partial charge on any atom is -0.313 e. The van der Waals surface area contributed by atoms with Crippen LogP contribution in [-0.4, -0.2) is 43.6 Å². The largest absolute Gasteiger partial charge is 0.313 e. The van der Waals surface area contributed by atoms with Gasteiger partial charge >= 0.3 is 0 Å². The quantitative estimate of drug-likeness (QED) is 0.800. The second-order valence-corrected chi connectivity index (χ2v) is 8.09. The summed E-state index contributed by atoms with van der Waals surface area (Å²) >= 11 is 0. The first kappa shape index (κ1) is 14.3. The third kappa shape index (κ3) is 3.93. The molecular weight excluding hydrogens is 248 g/mol. The Morgan fingerprint density at radius 2 is 1.94 bits per heavy atom. The maximum absolute atomic E-state index is 12.4. The predicted octanol–water partition coefficient (Wildman–Crippen LogP) is 1.58. The van der Waals surface area contributed by atoms with Crippen LogP contribution in [0.15, 0.2) is 0 Å². The Kier molecular flexibility index (Phi) is 4.67. The molecule has 106 valence electrons. The predicted molar refractivity (Wildman–Crippen MR) is 74.0 cm³/mol. The lowest BCUT2D eigenvalue weighted by atomic mass is 10.1. The van der Waals surface area contributed by atoms with Crippen molar-refractivity contribution in [2.45, 2.75) is 58.0 Å². The van der Waals surface area contributed by atoms with Crippen molar-refractivity contribution in [2.75, 3.05) is 18.8 Å². The van der Waals surface area contributed by atoms with E-state index in [0.717, 1.165) is 25.8 Å². The average Bonchev–Trinajstić information content (AvgIpc) is 3.09. The molecule has 0 amide bonds. The summed E-state index contributed by atoms with van der Waals surface area (Å²) in [5.74, 6) is 0.492. The van der Waals surface area contributed by atoms with E-state index < -0.39 is 10.0 Å². The highest BCUT2D eigenvalue weighted by molar-refractivity contribution is 7.89. The van der Waals surface area contributed by atoms with Crippen molar-refractivity contribution >= 4 is 10.0 Å². The molecule has 0 spiro atoms. The summed E-state index contributed by atoms with van der Waals surface area (Å²) in [7, 11) is -3.06. The van der Waals surface area contributed by atoms with Crippen molar-refractivity contribution < 1.29 is 8.42 Å². The maximum Gasteiger partial charge on any atom is 0.214 e. The zero-order chi connectivity index (χ0) is 13.2. The number of nitrogens with one attached hydrogen (secondary N) is 1. The van der Waals surface area contributed by atoms with Crippen LogP contribution in [0.25, 0.3) is 0 Å². The molecular formula is C13H26N2O2S. The molecule has 0 aromatic heterocycles. The van der Waals surface area contributed by atoms with Crippen molar-refractivity contribution in [3.05, 3.63) is 0 Å². The number of hydrogen-bond donors (Lipinski definition) is 1. The third-order valence-electron chi connectivity index (χ3n) is 3.67. The Morgan fingerprint density at radius 3 is 2.44 bits per heavy atom. The topological polar surface area (TPSA) is 49.4 Å². The molecule has 2 aliphatic rings. The van der Waals surface area contributed by atoms with Gasteiger partial charge in [-0.15, -0.1) is 0 Å². The van der Waals surface area contributed by atoms with E-state index >= 15 is 0 Å². The van der Waals surface area contributed by atoms with E-state index in [-0.39, 0.29) is 17.7 Å². The summed E-state index contributed by atoms with van der Waals surface area (Å²) in [5, 5.41) is 3.45. The van der Waals surface area contributed by atoms with Gasteiger partial charge < -0.3 is 5.32 Å². The first-order chi connectivity index (χ1) is 8.49. The molecule has 2 rings (SSSR count). The molecule has 0 aromatic carbocycles. The van der Waals surface area contributed by atoms with Gasteiger partial charge in [0.15, 0.2) is 0 Å². The Hall–Kier alpha value is -0.130. The lowest BCUT2D eigenvalue weighted by Gasteiger charge is -2.30. The van der Waals surface area contributed by atoms with Crippen molar-refractivity contribution in [3.63, 3.8) is 0 Å². The normalized spacial score (nSPS) is 25.9. The van der Waals surface area contributed by atoms with E-state index in [2.05, 4.69) is 5.32 Å². The van der Waals surface area contributed by atoms with E-state index in [4.69, 9.17) is 0 Å². The van der Waals surface area contributed by atoms with E-state index in [1.54, 1.807) is 4.31 Å². The minimum absolute atomic E-state index is 0.204. The molecule has 1 heterocycles. The molecule has 1 atom stereocenters. The summed E-state index contributed by atoms with van der Waals surface area (Å²) in [4.78, 5) is 0. The average molecular weight is 274 g/mol. The minimum atomic E-state index is -3.06. The van der Waals surface area contributed by atoms with Crippen molar-refractivity contribution in [1.82, 2.24) is 9.62 Å². The van der Waals surface area contributed by atoms with Gasteiger partial charge in [0.05, 0.1) is 5.75 Å². The van der Waals surface area contributed by atoms with Crippen molar-refractivity contribution in [1.29, 1.82) is 0 Å². The number of sulfonamides is 1. The number of piperidine rings is 1. The van der Waals surface area contributed by atoms with Crippen LogP contribution in [0.1, 0.15) is 46.0 Å². The second kappa shape index (κ2) is 5.88. The third-order valence-corrected chi connectivity index (χ3v) is 5.92. The van der Waals surface area contributed by atoms with E-state index in [9.17, 15) is 8.42 Å². The molecule has 0 bridgehead atoms. The van der Waals surface area contributed by atoms with Gasteiger partial charge in [-0.1, -0.05) is 20.3 Å². The summed E-state index contributed by atoms with van der Waals surface area (Å²) in [6, 6.07) is 0.652. The highest BCUT2D eigenvalue weighted by atomic mass is 32.2. The fraction of sp³-hybridized carbons (Fsp3) is 1.00. The first-order valence-electron chi connectivity index (χ1n) is 7.22. The van der Waals surface area contributed by atoms with Crippen molar-refractivity contribution in [2.24, 2.45) is 5.92 Å². The molecule has 0 radical (unpaired) electrons. The van der Waals surface area contributed by atoms with Gasteiger partial charge in [0.1, 0.15) is 0 Å². The molecule has 1 aliphatic heterocycles. The fourth-order valence-electron chi connectivity index (χ4n) is 2.67. The van der Waals surface area contributed by atoms with Crippen LogP contribution in [0.5, 0.6) is 0 Å². The molecule has 2 fully saturated rings. The lowest BCUT2D eigenvalue weighted by molar-refractivity contribution is 0.306. The lowest BCUT2D eigenvalue weighted by Crippen LogP contribution is -2.47. The highest BCUT2D eigenvalue weighted by Crippen LogP contribution is 2.30.